The van der Waals surface area contributed by atoms with Crippen molar-refractivity contribution in [2.45, 2.75) is 6.54 Å². The molecule has 1 saturated heterocycles. The predicted octanol–water partition coefficient (Wildman–Crippen LogP) is 4.25. The molecule has 0 aliphatic carbocycles. The molecule has 4 rings (SSSR count). The fourth-order valence-corrected chi connectivity index (χ4v) is 3.32. The SMILES string of the molecule is O=C(NCc1ccc(Oc2ccccc2)cc1)c1ccccc1N1CCOCC1. The Bertz CT molecular complexity index is 936. The number of morpholine rings is 1. The van der Waals surface area contributed by atoms with Crippen LogP contribution in [-0.4, -0.2) is 32.2 Å². The number of amides is 1. The van der Waals surface area contributed by atoms with Crippen molar-refractivity contribution in [1.82, 2.24) is 5.32 Å². The third-order valence-electron chi connectivity index (χ3n) is 4.86. The van der Waals surface area contributed by atoms with E-state index in [9.17, 15) is 4.79 Å². The van der Waals surface area contributed by atoms with E-state index in [4.69, 9.17) is 9.47 Å². The smallest absolute Gasteiger partial charge is 0.253 e. The summed E-state index contributed by atoms with van der Waals surface area (Å²) < 4.78 is 11.2. The van der Waals surface area contributed by atoms with Crippen LogP contribution in [0.4, 0.5) is 5.69 Å². The number of nitrogens with one attached hydrogen (secondary N) is 1. The number of ether oxygens (including phenoxy) is 2. The summed E-state index contributed by atoms with van der Waals surface area (Å²) in [6, 6.07) is 25.2. The van der Waals surface area contributed by atoms with Crippen LogP contribution in [0.15, 0.2) is 78.9 Å². The predicted molar refractivity (Wildman–Crippen MR) is 114 cm³/mol. The molecule has 3 aromatic carbocycles. The van der Waals surface area contributed by atoms with Gasteiger partial charge in [0.05, 0.1) is 18.8 Å². The van der Waals surface area contributed by atoms with Crippen LogP contribution in [0.3, 0.4) is 0 Å². The Balaban J connectivity index is 1.37. The summed E-state index contributed by atoms with van der Waals surface area (Å²) in [4.78, 5) is 15.0. The van der Waals surface area contributed by atoms with Crippen molar-refractivity contribution < 1.29 is 14.3 Å². The van der Waals surface area contributed by atoms with Gasteiger partial charge in [0.2, 0.25) is 0 Å². The lowest BCUT2D eigenvalue weighted by atomic mass is 10.1. The van der Waals surface area contributed by atoms with E-state index in [-0.39, 0.29) is 5.91 Å². The first-order valence-electron chi connectivity index (χ1n) is 9.81. The highest BCUT2D eigenvalue weighted by atomic mass is 16.5. The zero-order valence-electron chi connectivity index (χ0n) is 16.2. The van der Waals surface area contributed by atoms with Crippen LogP contribution in [0.25, 0.3) is 0 Å². The van der Waals surface area contributed by atoms with Crippen LogP contribution in [0.2, 0.25) is 0 Å². The summed E-state index contributed by atoms with van der Waals surface area (Å²) in [7, 11) is 0. The van der Waals surface area contributed by atoms with Crippen LogP contribution in [-0.2, 0) is 11.3 Å². The maximum absolute atomic E-state index is 12.8. The van der Waals surface area contributed by atoms with Gasteiger partial charge in [-0.1, -0.05) is 42.5 Å². The van der Waals surface area contributed by atoms with E-state index in [1.807, 2.05) is 78.9 Å². The molecule has 0 radical (unpaired) electrons. The van der Waals surface area contributed by atoms with Crippen LogP contribution < -0.4 is 15.0 Å². The molecule has 5 nitrogen and oxygen atoms in total. The number of rotatable bonds is 6. The number of carbonyl (C=O) groups is 1. The largest absolute Gasteiger partial charge is 0.457 e. The molecule has 0 spiro atoms. The van der Waals surface area contributed by atoms with E-state index in [1.54, 1.807) is 0 Å². The van der Waals surface area contributed by atoms with Gasteiger partial charge >= 0.3 is 0 Å². The van der Waals surface area contributed by atoms with Gasteiger partial charge in [-0.2, -0.15) is 0 Å². The fraction of sp³-hybridized carbons (Fsp3) is 0.208. The Morgan fingerprint density at radius 1 is 0.862 bits per heavy atom. The van der Waals surface area contributed by atoms with E-state index in [1.165, 1.54) is 0 Å². The monoisotopic (exact) mass is 388 g/mol. The molecule has 0 unspecified atom stereocenters. The van der Waals surface area contributed by atoms with Gasteiger partial charge in [0.1, 0.15) is 11.5 Å². The Morgan fingerprint density at radius 3 is 2.28 bits per heavy atom. The van der Waals surface area contributed by atoms with Crippen LogP contribution >= 0.6 is 0 Å². The summed E-state index contributed by atoms with van der Waals surface area (Å²) >= 11 is 0. The van der Waals surface area contributed by atoms with E-state index < -0.39 is 0 Å². The van der Waals surface area contributed by atoms with Crippen molar-refractivity contribution in [3.63, 3.8) is 0 Å². The second kappa shape index (κ2) is 9.26. The molecule has 1 aliphatic rings. The minimum atomic E-state index is -0.0725. The highest BCUT2D eigenvalue weighted by molar-refractivity contribution is 5.99. The zero-order chi connectivity index (χ0) is 19.9. The third kappa shape index (κ3) is 4.95. The van der Waals surface area contributed by atoms with Crippen molar-refractivity contribution in [3.8, 4) is 11.5 Å². The van der Waals surface area contributed by atoms with Crippen molar-refractivity contribution >= 4 is 11.6 Å². The number of anilines is 1. The van der Waals surface area contributed by atoms with Crippen molar-refractivity contribution in [3.05, 3.63) is 90.0 Å². The molecule has 0 saturated carbocycles. The second-order valence-corrected chi connectivity index (χ2v) is 6.86. The van der Waals surface area contributed by atoms with Gasteiger partial charge in [-0.15, -0.1) is 0 Å². The summed E-state index contributed by atoms with van der Waals surface area (Å²) in [5.41, 5.74) is 2.67. The summed E-state index contributed by atoms with van der Waals surface area (Å²) in [6.45, 7) is 3.43. The van der Waals surface area contributed by atoms with Crippen molar-refractivity contribution in [1.29, 1.82) is 0 Å². The molecule has 148 valence electrons. The molecule has 1 aliphatic heterocycles. The van der Waals surface area contributed by atoms with E-state index in [0.717, 1.165) is 35.8 Å². The Kier molecular flexibility index (Phi) is 6.07. The Labute approximate surface area is 170 Å². The number of hydrogen-bond acceptors (Lipinski definition) is 4. The minimum absolute atomic E-state index is 0.0725. The lowest BCUT2D eigenvalue weighted by molar-refractivity contribution is 0.0949. The first-order chi connectivity index (χ1) is 14.3. The molecular formula is C24H24N2O3. The van der Waals surface area contributed by atoms with Crippen molar-refractivity contribution in [2.75, 3.05) is 31.2 Å². The number of carbonyl (C=O) groups excluding carboxylic acids is 1. The highest BCUT2D eigenvalue weighted by Crippen LogP contribution is 2.23. The standard InChI is InChI=1S/C24H24N2O3/c27-24(22-8-4-5-9-23(22)26-14-16-28-17-15-26)25-18-19-10-12-21(13-11-19)29-20-6-2-1-3-7-20/h1-13H,14-18H2,(H,25,27). The van der Waals surface area contributed by atoms with Gasteiger partial charge in [-0.25, -0.2) is 0 Å². The number of benzene rings is 3. The lowest BCUT2D eigenvalue weighted by Gasteiger charge is -2.30. The molecule has 1 fully saturated rings. The van der Waals surface area contributed by atoms with Crippen LogP contribution in [0.5, 0.6) is 11.5 Å². The summed E-state index contributed by atoms with van der Waals surface area (Å²) in [5, 5.41) is 3.03. The Hall–Kier alpha value is -3.31. The van der Waals surface area contributed by atoms with E-state index in [2.05, 4.69) is 10.2 Å². The summed E-state index contributed by atoms with van der Waals surface area (Å²) in [5.74, 6) is 1.49. The average molecular weight is 388 g/mol. The minimum Gasteiger partial charge on any atom is -0.457 e. The molecule has 0 aromatic heterocycles. The molecular weight excluding hydrogens is 364 g/mol. The molecule has 29 heavy (non-hydrogen) atoms. The first kappa shape index (κ1) is 19.0. The van der Waals surface area contributed by atoms with Gasteiger partial charge < -0.3 is 19.7 Å². The number of para-hydroxylation sites is 2. The Morgan fingerprint density at radius 2 is 1.52 bits per heavy atom. The van der Waals surface area contributed by atoms with Gasteiger partial charge in [0.15, 0.2) is 0 Å². The van der Waals surface area contributed by atoms with Gasteiger partial charge in [0, 0.05) is 25.3 Å². The molecule has 1 N–H and O–H groups in total. The third-order valence-corrected chi connectivity index (χ3v) is 4.86. The van der Waals surface area contributed by atoms with Gasteiger partial charge in [0.25, 0.3) is 5.91 Å². The zero-order valence-corrected chi connectivity index (χ0v) is 16.2. The van der Waals surface area contributed by atoms with Crippen LogP contribution in [0, 0.1) is 0 Å². The molecule has 5 heteroatoms. The van der Waals surface area contributed by atoms with E-state index in [0.29, 0.717) is 25.3 Å². The molecule has 1 amide bonds. The molecule has 3 aromatic rings. The topological polar surface area (TPSA) is 50.8 Å². The van der Waals surface area contributed by atoms with Gasteiger partial charge in [-0.3, -0.25) is 4.79 Å². The molecule has 1 heterocycles. The fourth-order valence-electron chi connectivity index (χ4n) is 3.32. The summed E-state index contributed by atoms with van der Waals surface area (Å²) in [6.07, 6.45) is 0. The first-order valence-corrected chi connectivity index (χ1v) is 9.81. The number of hydrogen-bond donors (Lipinski definition) is 1. The maximum atomic E-state index is 12.8. The molecule has 0 atom stereocenters. The average Bonchev–Trinajstić information content (AvgIpc) is 2.80. The lowest BCUT2D eigenvalue weighted by Crippen LogP contribution is -2.37. The van der Waals surface area contributed by atoms with Gasteiger partial charge in [-0.05, 0) is 42.0 Å². The molecule has 0 bridgehead atoms. The van der Waals surface area contributed by atoms with Crippen molar-refractivity contribution in [2.24, 2.45) is 0 Å². The maximum Gasteiger partial charge on any atom is 0.253 e. The normalized spacial score (nSPS) is 13.7. The number of nitrogens with zero attached hydrogens (tertiary/aromatic N) is 1. The quantitative estimate of drug-likeness (QED) is 0.686. The highest BCUT2D eigenvalue weighted by Gasteiger charge is 2.18. The van der Waals surface area contributed by atoms with E-state index >= 15 is 0 Å². The second-order valence-electron chi connectivity index (χ2n) is 6.86. The van der Waals surface area contributed by atoms with Crippen LogP contribution in [0.1, 0.15) is 15.9 Å².